The molecule has 10 heteroatoms. The molecule has 1 aliphatic rings. The number of amides is 1. The van der Waals surface area contributed by atoms with Crippen molar-refractivity contribution in [2.24, 2.45) is 11.0 Å². The van der Waals surface area contributed by atoms with Gasteiger partial charge in [-0.3, -0.25) is 5.43 Å². The van der Waals surface area contributed by atoms with Crippen molar-refractivity contribution in [3.8, 4) is 5.82 Å². The van der Waals surface area contributed by atoms with Crippen LogP contribution in [0.4, 0.5) is 10.6 Å². The summed E-state index contributed by atoms with van der Waals surface area (Å²) in [4.78, 5) is 25.2. The number of nitrogens with one attached hydrogen (secondary N) is 1. The number of anilines is 1. The molecule has 0 radical (unpaired) electrons. The summed E-state index contributed by atoms with van der Waals surface area (Å²) in [6, 6.07) is 5.58. The van der Waals surface area contributed by atoms with Crippen LogP contribution >= 0.6 is 0 Å². The zero-order valence-electron chi connectivity index (χ0n) is 14.4. The molecule has 4 rings (SSSR count). The molecular weight excluding hydrogens is 348 g/mol. The lowest BCUT2D eigenvalue weighted by molar-refractivity contribution is 0.131. The molecule has 1 fully saturated rings. The average molecular weight is 366 g/mol. The number of rotatable bonds is 4. The van der Waals surface area contributed by atoms with Gasteiger partial charge in [-0.1, -0.05) is 6.07 Å². The second-order valence-electron chi connectivity index (χ2n) is 6.20. The Bertz CT molecular complexity index is 963. The molecule has 0 aliphatic carbocycles. The monoisotopic (exact) mass is 366 g/mol. The summed E-state index contributed by atoms with van der Waals surface area (Å²) in [6.45, 7) is 1.06. The quantitative estimate of drug-likeness (QED) is 0.535. The predicted octanol–water partition coefficient (Wildman–Crippen LogP) is 2.00. The summed E-state index contributed by atoms with van der Waals surface area (Å²) in [5.74, 6) is 1.47. The van der Waals surface area contributed by atoms with Gasteiger partial charge in [0.25, 0.3) is 0 Å². The molecule has 3 aromatic rings. The topological polar surface area (TPSA) is 121 Å². The normalized spacial score (nSPS) is 15.5. The first-order chi connectivity index (χ1) is 13.2. The van der Waals surface area contributed by atoms with Crippen molar-refractivity contribution in [2.75, 3.05) is 18.5 Å². The molecule has 0 unspecified atom stereocenters. The van der Waals surface area contributed by atoms with E-state index in [0.717, 1.165) is 18.2 Å². The molecule has 1 saturated heterocycles. The third kappa shape index (κ3) is 3.54. The third-order valence-corrected chi connectivity index (χ3v) is 4.50. The molecule has 2 N–H and O–H groups in total. The molecule has 138 valence electrons. The van der Waals surface area contributed by atoms with Crippen molar-refractivity contribution in [1.82, 2.24) is 29.6 Å². The average Bonchev–Trinajstić information content (AvgIpc) is 3.14. The SMILES string of the molecule is O=C(O)N1CCC(C=NNc2ncnc3c2cnn3-c2ccccn2)CC1. The van der Waals surface area contributed by atoms with Crippen molar-refractivity contribution >= 4 is 29.2 Å². The van der Waals surface area contributed by atoms with Crippen molar-refractivity contribution in [1.29, 1.82) is 0 Å². The molecule has 10 nitrogen and oxygen atoms in total. The fourth-order valence-corrected chi connectivity index (χ4v) is 3.02. The van der Waals surface area contributed by atoms with Gasteiger partial charge in [0, 0.05) is 25.5 Å². The van der Waals surface area contributed by atoms with Crippen LogP contribution < -0.4 is 5.43 Å². The van der Waals surface area contributed by atoms with Crippen molar-refractivity contribution < 1.29 is 9.90 Å². The predicted molar refractivity (Wildman–Crippen MR) is 98.9 cm³/mol. The molecule has 3 aromatic heterocycles. The van der Waals surface area contributed by atoms with Gasteiger partial charge in [0.1, 0.15) is 6.33 Å². The summed E-state index contributed by atoms with van der Waals surface area (Å²) in [7, 11) is 0. The largest absolute Gasteiger partial charge is 0.465 e. The zero-order valence-corrected chi connectivity index (χ0v) is 14.4. The Hall–Kier alpha value is -3.56. The van der Waals surface area contributed by atoms with Gasteiger partial charge in [0.2, 0.25) is 0 Å². The summed E-state index contributed by atoms with van der Waals surface area (Å²) in [6.07, 6.45) is 7.29. The van der Waals surface area contributed by atoms with Crippen molar-refractivity contribution in [3.63, 3.8) is 0 Å². The van der Waals surface area contributed by atoms with E-state index in [9.17, 15) is 4.79 Å². The van der Waals surface area contributed by atoms with E-state index in [0.29, 0.717) is 30.4 Å². The molecule has 0 saturated carbocycles. The van der Waals surface area contributed by atoms with Crippen LogP contribution in [-0.4, -0.2) is 60.1 Å². The van der Waals surface area contributed by atoms with Crippen LogP contribution in [-0.2, 0) is 0 Å². The number of likely N-dealkylation sites (tertiary alicyclic amines) is 1. The van der Waals surface area contributed by atoms with Gasteiger partial charge in [-0.2, -0.15) is 14.9 Å². The van der Waals surface area contributed by atoms with Crippen LogP contribution in [0.3, 0.4) is 0 Å². The Morgan fingerprint density at radius 3 is 2.85 bits per heavy atom. The van der Waals surface area contributed by atoms with E-state index in [-0.39, 0.29) is 5.92 Å². The van der Waals surface area contributed by atoms with Crippen molar-refractivity contribution in [3.05, 3.63) is 36.9 Å². The first-order valence-electron chi connectivity index (χ1n) is 8.59. The molecule has 0 spiro atoms. The zero-order chi connectivity index (χ0) is 18.6. The number of fused-ring (bicyclic) bond motifs is 1. The van der Waals surface area contributed by atoms with Crippen LogP contribution in [0.15, 0.2) is 42.0 Å². The van der Waals surface area contributed by atoms with Crippen LogP contribution in [0.5, 0.6) is 0 Å². The summed E-state index contributed by atoms with van der Waals surface area (Å²) in [5, 5.41) is 18.4. The van der Waals surface area contributed by atoms with Gasteiger partial charge in [-0.25, -0.2) is 19.7 Å². The molecule has 27 heavy (non-hydrogen) atoms. The fraction of sp³-hybridized carbons (Fsp3) is 0.294. The van der Waals surface area contributed by atoms with Gasteiger partial charge in [0.05, 0.1) is 11.6 Å². The maximum absolute atomic E-state index is 10.9. The lowest BCUT2D eigenvalue weighted by Gasteiger charge is -2.27. The second-order valence-corrected chi connectivity index (χ2v) is 6.20. The Labute approximate surface area is 154 Å². The molecular formula is C17H18N8O2. The smallest absolute Gasteiger partial charge is 0.407 e. The van der Waals surface area contributed by atoms with Gasteiger partial charge < -0.3 is 10.0 Å². The van der Waals surface area contributed by atoms with Gasteiger partial charge in [-0.05, 0) is 30.9 Å². The minimum Gasteiger partial charge on any atom is -0.465 e. The van der Waals surface area contributed by atoms with E-state index in [2.05, 4.69) is 30.6 Å². The van der Waals surface area contributed by atoms with Gasteiger partial charge >= 0.3 is 6.09 Å². The first kappa shape index (κ1) is 16.9. The maximum atomic E-state index is 10.9. The van der Waals surface area contributed by atoms with E-state index in [1.54, 1.807) is 17.1 Å². The number of hydrogen-bond donors (Lipinski definition) is 2. The van der Waals surface area contributed by atoms with Crippen LogP contribution in [0.1, 0.15) is 12.8 Å². The molecule has 0 aromatic carbocycles. The lowest BCUT2D eigenvalue weighted by atomic mass is 9.99. The highest BCUT2D eigenvalue weighted by Crippen LogP contribution is 2.21. The highest BCUT2D eigenvalue weighted by atomic mass is 16.4. The minimum atomic E-state index is -0.864. The van der Waals surface area contributed by atoms with E-state index >= 15 is 0 Å². The van der Waals surface area contributed by atoms with Crippen LogP contribution in [0.2, 0.25) is 0 Å². The second kappa shape index (κ2) is 7.36. The number of hydrogen-bond acceptors (Lipinski definition) is 7. The number of pyridine rings is 1. The Balaban J connectivity index is 1.47. The van der Waals surface area contributed by atoms with Crippen LogP contribution in [0.25, 0.3) is 16.9 Å². The standard InChI is InChI=1S/C17H18N8O2/c26-17(27)24-7-4-12(5-8-24)9-21-23-15-13-10-22-25(16(13)20-11-19-15)14-3-1-2-6-18-14/h1-3,6,9-12H,4-5,7-8H2,(H,26,27)(H,19,20,23). The minimum absolute atomic E-state index is 0.238. The summed E-state index contributed by atoms with van der Waals surface area (Å²) in [5.41, 5.74) is 3.58. The molecule has 0 bridgehead atoms. The molecule has 0 atom stereocenters. The highest BCUT2D eigenvalue weighted by molar-refractivity contribution is 5.87. The number of piperidine rings is 1. The summed E-state index contributed by atoms with van der Waals surface area (Å²) >= 11 is 0. The van der Waals surface area contributed by atoms with E-state index in [4.69, 9.17) is 5.11 Å². The lowest BCUT2D eigenvalue weighted by Crippen LogP contribution is -2.37. The van der Waals surface area contributed by atoms with Crippen LogP contribution in [0, 0.1) is 5.92 Å². The maximum Gasteiger partial charge on any atom is 0.407 e. The van der Waals surface area contributed by atoms with Crippen molar-refractivity contribution in [2.45, 2.75) is 12.8 Å². The Morgan fingerprint density at radius 2 is 2.11 bits per heavy atom. The Kier molecular flexibility index (Phi) is 4.60. The number of aromatic nitrogens is 5. The summed E-state index contributed by atoms with van der Waals surface area (Å²) < 4.78 is 1.65. The van der Waals surface area contributed by atoms with E-state index < -0.39 is 6.09 Å². The third-order valence-electron chi connectivity index (χ3n) is 4.50. The number of hydrazone groups is 1. The van der Waals surface area contributed by atoms with E-state index in [1.165, 1.54) is 11.2 Å². The van der Waals surface area contributed by atoms with Gasteiger partial charge in [0.15, 0.2) is 17.3 Å². The molecule has 4 heterocycles. The molecule has 1 aliphatic heterocycles. The van der Waals surface area contributed by atoms with E-state index in [1.807, 2.05) is 24.4 Å². The number of carboxylic acid groups (broad SMARTS) is 1. The first-order valence-corrected chi connectivity index (χ1v) is 8.59. The molecule has 1 amide bonds. The Morgan fingerprint density at radius 1 is 1.26 bits per heavy atom. The fourth-order valence-electron chi connectivity index (χ4n) is 3.02. The number of nitrogens with zero attached hydrogens (tertiary/aromatic N) is 7. The van der Waals surface area contributed by atoms with Gasteiger partial charge in [-0.15, -0.1) is 0 Å². The number of carbonyl (C=O) groups is 1. The highest BCUT2D eigenvalue weighted by Gasteiger charge is 2.21.